The SMILES string of the molecule is CC[C@@H]1O[C@@H](n2ccc(=O)n(COCc3ccccc3)c2=O)[C@@H](OC(=O)c2ccc([N+](=O)[O-])cc2)[C@H]1C. The van der Waals surface area contributed by atoms with E-state index >= 15 is 0 Å². The molecule has 3 aromatic rings. The number of nitro benzene ring substituents is 1. The second-order valence-electron chi connectivity index (χ2n) is 8.74. The quantitative estimate of drug-likeness (QED) is 0.244. The van der Waals surface area contributed by atoms with Gasteiger partial charge >= 0.3 is 11.7 Å². The zero-order valence-corrected chi connectivity index (χ0v) is 20.4. The summed E-state index contributed by atoms with van der Waals surface area (Å²) in [5.74, 6) is -0.969. The van der Waals surface area contributed by atoms with Gasteiger partial charge in [0, 0.05) is 30.3 Å². The normalized spacial score (nSPS) is 21.0. The molecule has 2 aromatic carbocycles. The molecule has 0 spiro atoms. The van der Waals surface area contributed by atoms with Gasteiger partial charge in [0.15, 0.2) is 12.3 Å². The van der Waals surface area contributed by atoms with Gasteiger partial charge in [0.1, 0.15) is 6.73 Å². The predicted molar refractivity (Wildman–Crippen MR) is 132 cm³/mol. The lowest BCUT2D eigenvalue weighted by molar-refractivity contribution is -0.384. The van der Waals surface area contributed by atoms with Gasteiger partial charge in [0.05, 0.1) is 23.2 Å². The Bertz CT molecular complexity index is 1370. The third-order valence-corrected chi connectivity index (χ3v) is 6.36. The van der Waals surface area contributed by atoms with Crippen molar-refractivity contribution in [3.05, 3.63) is 109 Å². The van der Waals surface area contributed by atoms with Gasteiger partial charge in [-0.15, -0.1) is 0 Å². The van der Waals surface area contributed by atoms with Crippen LogP contribution < -0.4 is 11.2 Å². The molecule has 11 heteroatoms. The lowest BCUT2D eigenvalue weighted by Gasteiger charge is -2.23. The van der Waals surface area contributed by atoms with Gasteiger partial charge in [0.25, 0.3) is 11.2 Å². The van der Waals surface area contributed by atoms with Crippen LogP contribution in [0.4, 0.5) is 5.69 Å². The van der Waals surface area contributed by atoms with Crippen LogP contribution in [-0.2, 0) is 27.5 Å². The summed E-state index contributed by atoms with van der Waals surface area (Å²) in [6.07, 6.45) is -0.198. The summed E-state index contributed by atoms with van der Waals surface area (Å²) in [6, 6.07) is 15.6. The number of esters is 1. The number of rotatable bonds is 9. The van der Waals surface area contributed by atoms with Crippen molar-refractivity contribution in [2.45, 2.75) is 52.0 Å². The molecule has 11 nitrogen and oxygen atoms in total. The number of hydrogen-bond acceptors (Lipinski definition) is 8. The molecule has 4 atom stereocenters. The van der Waals surface area contributed by atoms with Crippen LogP contribution in [0.3, 0.4) is 0 Å². The second kappa shape index (κ2) is 11.3. The summed E-state index contributed by atoms with van der Waals surface area (Å²) in [6.45, 7) is 3.72. The van der Waals surface area contributed by atoms with Gasteiger partial charge < -0.3 is 14.2 Å². The molecule has 1 aliphatic rings. The fourth-order valence-electron chi connectivity index (χ4n) is 4.29. The number of benzene rings is 2. The molecule has 1 aliphatic heterocycles. The molecule has 1 aromatic heterocycles. The Labute approximate surface area is 212 Å². The van der Waals surface area contributed by atoms with Crippen LogP contribution in [0.2, 0.25) is 0 Å². The standard InChI is InChI=1S/C26H27N3O8/c1-3-21-17(2)23(37-25(31)19-9-11-20(12-10-19)29(33)34)24(36-21)27-14-13-22(30)28(26(27)32)16-35-15-18-7-5-4-6-8-18/h4-14,17,21,23-24H,3,15-16H2,1-2H3/t17-,21-,23-,24+/m0/s1. The Balaban J connectivity index is 1.56. The molecule has 4 rings (SSSR count). The Morgan fingerprint density at radius 1 is 1.08 bits per heavy atom. The summed E-state index contributed by atoms with van der Waals surface area (Å²) in [5, 5.41) is 10.9. The van der Waals surface area contributed by atoms with Gasteiger partial charge in [-0.2, -0.15) is 0 Å². The highest BCUT2D eigenvalue weighted by atomic mass is 16.6. The minimum absolute atomic E-state index is 0.128. The lowest BCUT2D eigenvalue weighted by atomic mass is 9.98. The number of carbonyl (C=O) groups excluding carboxylic acids is 1. The first-order valence-electron chi connectivity index (χ1n) is 11.8. The number of nitrogens with zero attached hydrogens (tertiary/aromatic N) is 3. The monoisotopic (exact) mass is 509 g/mol. The fourth-order valence-corrected chi connectivity index (χ4v) is 4.29. The highest BCUT2D eigenvalue weighted by Gasteiger charge is 2.45. The average molecular weight is 510 g/mol. The van der Waals surface area contributed by atoms with Crippen molar-refractivity contribution in [1.82, 2.24) is 9.13 Å². The molecule has 1 fully saturated rings. The van der Waals surface area contributed by atoms with E-state index in [-0.39, 0.29) is 36.6 Å². The lowest BCUT2D eigenvalue weighted by Crippen LogP contribution is -2.43. The summed E-state index contributed by atoms with van der Waals surface area (Å²) in [7, 11) is 0. The third kappa shape index (κ3) is 5.68. The highest BCUT2D eigenvalue weighted by Crippen LogP contribution is 2.37. The molecule has 0 amide bonds. The van der Waals surface area contributed by atoms with Crippen LogP contribution in [-0.4, -0.2) is 32.2 Å². The minimum atomic E-state index is -0.976. The summed E-state index contributed by atoms with van der Waals surface area (Å²) in [4.78, 5) is 48.9. The zero-order valence-electron chi connectivity index (χ0n) is 20.4. The van der Waals surface area contributed by atoms with Crippen molar-refractivity contribution < 1.29 is 23.9 Å². The number of nitro groups is 1. The smallest absolute Gasteiger partial charge is 0.338 e. The van der Waals surface area contributed by atoms with Gasteiger partial charge in [-0.25, -0.2) is 14.2 Å². The maximum Gasteiger partial charge on any atom is 0.338 e. The van der Waals surface area contributed by atoms with Crippen molar-refractivity contribution in [3.8, 4) is 0 Å². The molecule has 0 unspecified atom stereocenters. The molecule has 1 saturated heterocycles. The number of carbonyl (C=O) groups is 1. The van der Waals surface area contributed by atoms with Crippen LogP contribution in [0.15, 0.2) is 76.4 Å². The Kier molecular flexibility index (Phi) is 7.95. The first-order valence-corrected chi connectivity index (χ1v) is 11.8. The van der Waals surface area contributed by atoms with Crippen LogP contribution >= 0.6 is 0 Å². The van der Waals surface area contributed by atoms with E-state index in [1.807, 2.05) is 44.2 Å². The molecular weight excluding hydrogens is 482 g/mol. The maximum atomic E-state index is 13.3. The van der Waals surface area contributed by atoms with Crippen molar-refractivity contribution in [3.63, 3.8) is 0 Å². The number of non-ortho nitro benzene ring substituents is 1. The summed E-state index contributed by atoms with van der Waals surface area (Å²) >= 11 is 0. The number of aromatic nitrogens is 2. The Morgan fingerprint density at radius 2 is 1.78 bits per heavy atom. The molecule has 0 saturated carbocycles. The molecule has 2 heterocycles. The number of hydrogen-bond donors (Lipinski definition) is 0. The molecule has 0 aliphatic carbocycles. The van der Waals surface area contributed by atoms with E-state index in [0.717, 1.165) is 10.1 Å². The molecule has 0 bridgehead atoms. The second-order valence-corrected chi connectivity index (χ2v) is 8.74. The van der Waals surface area contributed by atoms with E-state index in [2.05, 4.69) is 0 Å². The van der Waals surface area contributed by atoms with Crippen molar-refractivity contribution in [2.75, 3.05) is 0 Å². The van der Waals surface area contributed by atoms with Crippen LogP contribution in [0.25, 0.3) is 0 Å². The first-order chi connectivity index (χ1) is 17.8. The van der Waals surface area contributed by atoms with Crippen LogP contribution in [0.5, 0.6) is 0 Å². The van der Waals surface area contributed by atoms with E-state index in [1.165, 1.54) is 41.1 Å². The van der Waals surface area contributed by atoms with E-state index in [9.17, 15) is 24.5 Å². The van der Waals surface area contributed by atoms with Crippen LogP contribution in [0, 0.1) is 16.0 Å². The van der Waals surface area contributed by atoms with E-state index in [1.54, 1.807) is 0 Å². The molecule has 0 radical (unpaired) electrons. The fraction of sp³-hybridized carbons (Fsp3) is 0.346. The molecule has 37 heavy (non-hydrogen) atoms. The van der Waals surface area contributed by atoms with E-state index in [4.69, 9.17) is 14.2 Å². The largest absolute Gasteiger partial charge is 0.454 e. The van der Waals surface area contributed by atoms with Gasteiger partial charge in [-0.1, -0.05) is 44.2 Å². The van der Waals surface area contributed by atoms with Crippen molar-refractivity contribution in [2.24, 2.45) is 5.92 Å². The van der Waals surface area contributed by atoms with Crippen molar-refractivity contribution >= 4 is 11.7 Å². The van der Waals surface area contributed by atoms with Crippen molar-refractivity contribution in [1.29, 1.82) is 0 Å². The molecule has 0 N–H and O–H groups in total. The first kappa shape index (κ1) is 26.0. The topological polar surface area (TPSA) is 132 Å². The molecular formula is C26H27N3O8. The average Bonchev–Trinajstić information content (AvgIpc) is 3.21. The van der Waals surface area contributed by atoms with Gasteiger partial charge in [-0.3, -0.25) is 19.5 Å². The number of ether oxygens (including phenoxy) is 3. The van der Waals surface area contributed by atoms with Gasteiger partial charge in [0.2, 0.25) is 0 Å². The zero-order chi connectivity index (χ0) is 26.5. The third-order valence-electron chi connectivity index (χ3n) is 6.36. The van der Waals surface area contributed by atoms with Gasteiger partial charge in [-0.05, 0) is 24.1 Å². The Hall–Kier alpha value is -4.09. The molecule has 194 valence electrons. The minimum Gasteiger partial charge on any atom is -0.454 e. The Morgan fingerprint density at radius 3 is 2.43 bits per heavy atom. The predicted octanol–water partition coefficient (Wildman–Crippen LogP) is 3.26. The highest BCUT2D eigenvalue weighted by molar-refractivity contribution is 5.89. The van der Waals surface area contributed by atoms with Crippen LogP contribution in [0.1, 0.15) is 42.4 Å². The summed E-state index contributed by atoms with van der Waals surface area (Å²) < 4.78 is 19.6. The maximum absolute atomic E-state index is 13.3. The summed E-state index contributed by atoms with van der Waals surface area (Å²) in [5.41, 5.74) is -0.328. The van der Waals surface area contributed by atoms with E-state index in [0.29, 0.717) is 6.42 Å². The van der Waals surface area contributed by atoms with E-state index < -0.39 is 34.5 Å².